The molecule has 2 N–H and O–H groups in total. The first-order valence-electron chi connectivity index (χ1n) is 5.07. The van der Waals surface area contributed by atoms with Crippen molar-refractivity contribution in [3.05, 3.63) is 18.7 Å². The predicted molar refractivity (Wildman–Crippen MR) is 58.2 cm³/mol. The van der Waals surface area contributed by atoms with E-state index in [4.69, 9.17) is 5.73 Å². The second kappa shape index (κ2) is 6.18. The van der Waals surface area contributed by atoms with Crippen LogP contribution in [0.4, 0.5) is 0 Å². The van der Waals surface area contributed by atoms with Crippen LogP contribution in [0.2, 0.25) is 0 Å². The van der Waals surface area contributed by atoms with Crippen LogP contribution in [0.5, 0.6) is 0 Å². The lowest BCUT2D eigenvalue weighted by molar-refractivity contribution is 0.614. The maximum atomic E-state index is 5.58. The Bertz CT molecular complexity index is 264. The molecule has 4 heteroatoms. The van der Waals surface area contributed by atoms with Crippen molar-refractivity contribution in [2.75, 3.05) is 6.54 Å². The first kappa shape index (κ1) is 10.8. The molecule has 0 aromatic carbocycles. The smallest absolute Gasteiger partial charge is 0.0945 e. The van der Waals surface area contributed by atoms with Gasteiger partial charge in [-0.2, -0.15) is 0 Å². The van der Waals surface area contributed by atoms with Gasteiger partial charge in [-0.1, -0.05) is 6.92 Å². The Hall–Kier alpha value is -1.32. The van der Waals surface area contributed by atoms with Gasteiger partial charge in [0.15, 0.2) is 0 Å². The zero-order valence-corrected chi connectivity index (χ0v) is 8.69. The summed E-state index contributed by atoms with van der Waals surface area (Å²) in [6.07, 6.45) is 8.66. The maximum Gasteiger partial charge on any atom is 0.0945 e. The van der Waals surface area contributed by atoms with Gasteiger partial charge in [-0.25, -0.2) is 4.98 Å². The molecule has 0 aliphatic heterocycles. The predicted octanol–water partition coefficient (Wildman–Crippen LogP) is 1.43. The van der Waals surface area contributed by atoms with Crippen LogP contribution >= 0.6 is 0 Å². The Labute approximate surface area is 84.9 Å². The molecule has 0 saturated heterocycles. The number of nitrogens with two attached hydrogens (primary N) is 1. The summed E-state index contributed by atoms with van der Waals surface area (Å²) in [7, 11) is 0. The van der Waals surface area contributed by atoms with Crippen molar-refractivity contribution in [1.29, 1.82) is 0 Å². The average Bonchev–Trinajstić information content (AvgIpc) is 2.69. The summed E-state index contributed by atoms with van der Waals surface area (Å²) in [6.45, 7) is 3.88. The number of unbranched alkanes of at least 4 members (excludes halogenated alkanes) is 1. The van der Waals surface area contributed by atoms with Gasteiger partial charge in [0.05, 0.1) is 12.2 Å². The molecular weight excluding hydrogens is 176 g/mol. The van der Waals surface area contributed by atoms with Crippen molar-refractivity contribution < 1.29 is 0 Å². The fourth-order valence-corrected chi connectivity index (χ4v) is 1.16. The molecule has 0 unspecified atom stereocenters. The molecule has 14 heavy (non-hydrogen) atoms. The van der Waals surface area contributed by atoms with Crippen LogP contribution in [0.15, 0.2) is 23.7 Å². The van der Waals surface area contributed by atoms with E-state index in [1.54, 1.807) is 6.20 Å². The van der Waals surface area contributed by atoms with Gasteiger partial charge in [-0.3, -0.25) is 4.99 Å². The third-order valence-corrected chi connectivity index (χ3v) is 2.06. The summed E-state index contributed by atoms with van der Waals surface area (Å²) in [5, 5.41) is 0. The van der Waals surface area contributed by atoms with E-state index in [2.05, 4.69) is 14.5 Å². The Kier molecular flexibility index (Phi) is 4.75. The lowest BCUT2D eigenvalue weighted by atomic mass is 10.3. The maximum absolute atomic E-state index is 5.58. The van der Waals surface area contributed by atoms with E-state index in [1.807, 2.05) is 19.4 Å². The average molecular weight is 194 g/mol. The minimum Gasteiger partial charge on any atom is -0.387 e. The van der Waals surface area contributed by atoms with Gasteiger partial charge in [0.2, 0.25) is 0 Å². The molecule has 0 bridgehead atoms. The van der Waals surface area contributed by atoms with Crippen LogP contribution in [-0.4, -0.2) is 21.9 Å². The highest BCUT2D eigenvalue weighted by Crippen LogP contribution is 1.95. The number of aryl methyl sites for hydroxylation is 1. The van der Waals surface area contributed by atoms with Crippen molar-refractivity contribution in [2.24, 2.45) is 10.7 Å². The van der Waals surface area contributed by atoms with Gasteiger partial charge >= 0.3 is 0 Å². The van der Waals surface area contributed by atoms with Gasteiger partial charge in [-0.05, 0) is 12.8 Å². The van der Waals surface area contributed by atoms with Gasteiger partial charge in [0.25, 0.3) is 0 Å². The lowest BCUT2D eigenvalue weighted by Gasteiger charge is -2.00. The Morgan fingerprint density at radius 3 is 3.00 bits per heavy atom. The highest BCUT2D eigenvalue weighted by atomic mass is 15.0. The summed E-state index contributed by atoms with van der Waals surface area (Å²) in [4.78, 5) is 8.21. The number of imidazole rings is 1. The van der Waals surface area contributed by atoms with E-state index in [0.29, 0.717) is 0 Å². The summed E-state index contributed by atoms with van der Waals surface area (Å²) >= 11 is 0. The quantitative estimate of drug-likeness (QED) is 0.423. The number of rotatable bonds is 6. The topological polar surface area (TPSA) is 56.2 Å². The molecule has 0 radical (unpaired) electrons. The van der Waals surface area contributed by atoms with E-state index in [0.717, 1.165) is 38.2 Å². The fourth-order valence-electron chi connectivity index (χ4n) is 1.16. The molecule has 1 heterocycles. The molecule has 0 atom stereocenters. The van der Waals surface area contributed by atoms with Crippen LogP contribution in [0.1, 0.15) is 26.2 Å². The van der Waals surface area contributed by atoms with Crippen LogP contribution < -0.4 is 5.73 Å². The van der Waals surface area contributed by atoms with Crippen molar-refractivity contribution in [1.82, 2.24) is 9.55 Å². The monoisotopic (exact) mass is 194 g/mol. The van der Waals surface area contributed by atoms with E-state index in [1.165, 1.54) is 0 Å². The first-order chi connectivity index (χ1) is 6.83. The molecule has 1 aromatic rings. The molecule has 0 amide bonds. The van der Waals surface area contributed by atoms with Crippen molar-refractivity contribution in [2.45, 2.75) is 32.7 Å². The third kappa shape index (κ3) is 4.07. The minimum atomic E-state index is 0.757. The second-order valence-corrected chi connectivity index (χ2v) is 3.23. The van der Waals surface area contributed by atoms with Crippen molar-refractivity contribution >= 4 is 5.84 Å². The third-order valence-electron chi connectivity index (χ3n) is 2.06. The highest BCUT2D eigenvalue weighted by molar-refractivity contribution is 5.79. The molecular formula is C10H18N4. The van der Waals surface area contributed by atoms with Gasteiger partial charge in [-0.15, -0.1) is 0 Å². The number of hydrogen-bond donors (Lipinski definition) is 1. The zero-order chi connectivity index (χ0) is 10.2. The molecule has 78 valence electrons. The first-order valence-corrected chi connectivity index (χ1v) is 5.07. The lowest BCUT2D eigenvalue weighted by Crippen LogP contribution is -2.10. The Morgan fingerprint density at radius 2 is 2.36 bits per heavy atom. The van der Waals surface area contributed by atoms with E-state index < -0.39 is 0 Å². The zero-order valence-electron chi connectivity index (χ0n) is 8.69. The van der Waals surface area contributed by atoms with E-state index in [-0.39, 0.29) is 0 Å². The SMILES string of the molecule is CCC(N)=NCCCCn1ccnc1. The molecule has 0 aliphatic carbocycles. The summed E-state index contributed by atoms with van der Waals surface area (Å²) < 4.78 is 2.08. The molecule has 0 saturated carbocycles. The minimum absolute atomic E-state index is 0.757. The van der Waals surface area contributed by atoms with Crippen LogP contribution in [-0.2, 0) is 6.54 Å². The van der Waals surface area contributed by atoms with E-state index >= 15 is 0 Å². The molecule has 0 aliphatic rings. The molecule has 1 rings (SSSR count). The van der Waals surface area contributed by atoms with Crippen molar-refractivity contribution in [3.63, 3.8) is 0 Å². The normalized spacial score (nSPS) is 11.9. The largest absolute Gasteiger partial charge is 0.387 e. The number of amidine groups is 1. The van der Waals surface area contributed by atoms with E-state index in [9.17, 15) is 0 Å². The van der Waals surface area contributed by atoms with Gasteiger partial charge in [0, 0.05) is 31.9 Å². The number of aromatic nitrogens is 2. The summed E-state index contributed by atoms with van der Waals surface area (Å²) in [6, 6.07) is 0. The molecule has 1 aromatic heterocycles. The number of aliphatic imine (C=N–C) groups is 1. The fraction of sp³-hybridized carbons (Fsp3) is 0.600. The highest BCUT2D eigenvalue weighted by Gasteiger charge is 1.90. The summed E-state index contributed by atoms with van der Waals surface area (Å²) in [5.74, 6) is 0.757. The number of hydrogen-bond acceptors (Lipinski definition) is 2. The van der Waals surface area contributed by atoms with Gasteiger partial charge < -0.3 is 10.3 Å². The van der Waals surface area contributed by atoms with Gasteiger partial charge in [0.1, 0.15) is 0 Å². The number of nitrogens with zero attached hydrogens (tertiary/aromatic N) is 3. The summed E-state index contributed by atoms with van der Waals surface area (Å²) in [5.41, 5.74) is 5.58. The molecule has 4 nitrogen and oxygen atoms in total. The van der Waals surface area contributed by atoms with Crippen LogP contribution in [0, 0.1) is 0 Å². The van der Waals surface area contributed by atoms with Crippen LogP contribution in [0.25, 0.3) is 0 Å². The van der Waals surface area contributed by atoms with Crippen LogP contribution in [0.3, 0.4) is 0 Å². The Balaban J connectivity index is 2.05. The standard InChI is InChI=1S/C10H18N4/c1-2-10(11)13-5-3-4-7-14-8-6-12-9-14/h6,8-9H,2-5,7H2,1H3,(H2,11,13). The molecule has 0 spiro atoms. The Morgan fingerprint density at radius 1 is 1.50 bits per heavy atom. The second-order valence-electron chi connectivity index (χ2n) is 3.23. The van der Waals surface area contributed by atoms with Crippen molar-refractivity contribution in [3.8, 4) is 0 Å². The molecule has 0 fully saturated rings.